The van der Waals surface area contributed by atoms with Crippen molar-refractivity contribution in [2.75, 3.05) is 5.88 Å². The number of halogens is 1. The van der Waals surface area contributed by atoms with Gasteiger partial charge in [-0.1, -0.05) is 48.5 Å². The number of benzene rings is 2. The zero-order valence-electron chi connectivity index (χ0n) is 13.2. The van der Waals surface area contributed by atoms with Gasteiger partial charge < -0.3 is 15.2 Å². The quantitative estimate of drug-likeness (QED) is 0.572. The molecule has 2 N–H and O–H groups in total. The number of ether oxygens (including phenoxy) is 1. The lowest BCUT2D eigenvalue weighted by Gasteiger charge is -2.23. The van der Waals surface area contributed by atoms with E-state index in [1.807, 2.05) is 54.6 Å². The molecule has 0 aliphatic heterocycles. The van der Waals surface area contributed by atoms with Crippen molar-refractivity contribution < 1.29 is 14.6 Å². The van der Waals surface area contributed by atoms with E-state index in [1.165, 1.54) is 0 Å². The van der Waals surface area contributed by atoms with Crippen LogP contribution in [0, 0.1) is 0 Å². The maximum Gasteiger partial charge on any atom is 0.200 e. The lowest BCUT2D eigenvalue weighted by molar-refractivity contribution is 0.151. The molecule has 0 aliphatic rings. The van der Waals surface area contributed by atoms with Gasteiger partial charge in [0.25, 0.3) is 0 Å². The number of para-hydroxylation sites is 1. The van der Waals surface area contributed by atoms with Crippen LogP contribution in [0.4, 0.5) is 4.79 Å². The molecule has 4 nitrogen and oxygen atoms in total. The fourth-order valence-corrected chi connectivity index (χ4v) is 2.57. The number of hydrogen-bond donors (Lipinski definition) is 2. The van der Waals surface area contributed by atoms with Crippen molar-refractivity contribution >= 4 is 25.3 Å². The largest absolute Gasteiger partial charge is 0.489 e. The highest BCUT2D eigenvalue weighted by Crippen LogP contribution is 2.22. The number of carbonyl (C=O) groups is 1. The predicted molar refractivity (Wildman–Crippen MR) is 95.7 cm³/mol. The average Bonchev–Trinajstić information content (AvgIpc) is 2.60. The van der Waals surface area contributed by atoms with Gasteiger partial charge in [0.2, 0.25) is 7.85 Å². The van der Waals surface area contributed by atoms with Gasteiger partial charge in [0, 0.05) is 0 Å². The zero-order chi connectivity index (χ0) is 17.4. The molecule has 0 aromatic heterocycles. The first-order valence-electron chi connectivity index (χ1n) is 7.64. The van der Waals surface area contributed by atoms with E-state index in [0.29, 0.717) is 18.8 Å². The van der Waals surface area contributed by atoms with Crippen LogP contribution in [-0.4, -0.2) is 36.8 Å². The monoisotopic (exact) mass is 343 g/mol. The number of aliphatic hydroxyl groups excluding tert-OH is 1. The van der Waals surface area contributed by atoms with E-state index < -0.39 is 18.0 Å². The summed E-state index contributed by atoms with van der Waals surface area (Å²) in [4.78, 5) is 11.1. The van der Waals surface area contributed by atoms with Crippen molar-refractivity contribution in [3.63, 3.8) is 0 Å². The number of aliphatic hydroxyl groups is 1. The predicted octanol–water partition coefficient (Wildman–Crippen LogP) is 2.65. The second-order valence-corrected chi connectivity index (χ2v) is 5.73. The van der Waals surface area contributed by atoms with E-state index in [2.05, 4.69) is 5.32 Å². The average molecular weight is 344 g/mol. The third-order valence-corrected chi connectivity index (χ3v) is 3.92. The van der Waals surface area contributed by atoms with E-state index >= 15 is 0 Å². The van der Waals surface area contributed by atoms with Crippen molar-refractivity contribution in [2.45, 2.75) is 25.2 Å². The number of rotatable bonds is 8. The van der Waals surface area contributed by atoms with Gasteiger partial charge in [-0.25, -0.2) is 0 Å². The van der Waals surface area contributed by atoms with Crippen LogP contribution in [0.2, 0.25) is 0 Å². The van der Waals surface area contributed by atoms with Crippen molar-refractivity contribution in [3.05, 3.63) is 65.7 Å². The summed E-state index contributed by atoms with van der Waals surface area (Å²) in [5.74, 6) is -0.0101. The number of alkyl halides is 1. The first-order valence-corrected chi connectivity index (χ1v) is 8.18. The summed E-state index contributed by atoms with van der Waals surface area (Å²) in [5, 5.41) is 12.5. The van der Waals surface area contributed by atoms with Gasteiger partial charge in [-0.2, -0.15) is 0 Å². The molecule has 0 fully saturated rings. The van der Waals surface area contributed by atoms with Crippen molar-refractivity contribution in [1.29, 1.82) is 0 Å². The number of hydrogen-bond acceptors (Lipinski definition) is 3. The summed E-state index contributed by atoms with van der Waals surface area (Å²) in [6.07, 6.45) is -0.539. The van der Waals surface area contributed by atoms with Crippen molar-refractivity contribution in [2.24, 2.45) is 0 Å². The van der Waals surface area contributed by atoms with Crippen molar-refractivity contribution in [3.8, 4) is 5.75 Å². The highest BCUT2D eigenvalue weighted by atomic mass is 35.5. The lowest BCUT2D eigenvalue weighted by atomic mass is 9.99. The number of nitrogens with one attached hydrogen (secondary N) is 1. The van der Waals surface area contributed by atoms with Gasteiger partial charge in [0.1, 0.15) is 12.4 Å². The molecule has 2 atom stereocenters. The molecule has 2 aromatic rings. The van der Waals surface area contributed by atoms with Crippen molar-refractivity contribution in [1.82, 2.24) is 5.32 Å². The molecule has 0 aliphatic carbocycles. The molecule has 2 rings (SSSR count). The number of carbonyl (C=O) groups excluding carboxylic acids is 1. The molecule has 0 unspecified atom stereocenters. The topological polar surface area (TPSA) is 58.6 Å². The summed E-state index contributed by atoms with van der Waals surface area (Å²) < 4.78 is 5.88. The maximum absolute atomic E-state index is 11.1. The van der Waals surface area contributed by atoms with E-state index in [4.69, 9.17) is 24.2 Å². The molecule has 6 heteroatoms. The van der Waals surface area contributed by atoms with E-state index in [1.54, 1.807) is 0 Å². The Balaban J connectivity index is 2.10. The van der Waals surface area contributed by atoms with Gasteiger partial charge in [-0.15, -0.1) is 11.6 Å². The minimum absolute atomic E-state index is 0.00200. The number of amides is 1. The van der Waals surface area contributed by atoms with Crippen LogP contribution >= 0.6 is 11.6 Å². The van der Waals surface area contributed by atoms with Gasteiger partial charge in [-0.05, 0) is 23.6 Å². The second-order valence-electron chi connectivity index (χ2n) is 5.42. The summed E-state index contributed by atoms with van der Waals surface area (Å²) in [5.41, 5.74) is 1.91. The Hall–Kier alpha value is -1.98. The Morgan fingerprint density at radius 3 is 2.50 bits per heavy atom. The molecule has 124 valence electrons. The first-order chi connectivity index (χ1) is 11.6. The molecular weight excluding hydrogens is 324 g/mol. The van der Waals surface area contributed by atoms with Crippen LogP contribution in [0.5, 0.6) is 5.75 Å². The summed E-state index contributed by atoms with van der Waals surface area (Å²) in [7, 11) is 5.18. The standard InChI is InChI=1S/C18H19BClNO3/c19-18(23)21-15(16(22)11-20)10-14-8-4-5-9-17(14)24-12-13-6-2-1-3-7-13/h1-9,15-16,22H,10-12H2,(H,21,23)/t15-,16-/m1/s1. The van der Waals surface area contributed by atoms with E-state index in [-0.39, 0.29) is 5.88 Å². The Kier molecular flexibility index (Phi) is 7.16. The summed E-state index contributed by atoms with van der Waals surface area (Å²) in [6.45, 7) is 0.434. The Morgan fingerprint density at radius 1 is 1.17 bits per heavy atom. The van der Waals surface area contributed by atoms with Gasteiger partial charge in [-0.3, -0.25) is 4.79 Å². The summed E-state index contributed by atoms with van der Waals surface area (Å²) in [6, 6.07) is 16.7. The van der Waals surface area contributed by atoms with Crippen LogP contribution in [0.25, 0.3) is 0 Å². The zero-order valence-corrected chi connectivity index (χ0v) is 13.9. The van der Waals surface area contributed by atoms with Crippen LogP contribution in [-0.2, 0) is 13.0 Å². The molecule has 0 spiro atoms. The third-order valence-electron chi connectivity index (χ3n) is 3.60. The van der Waals surface area contributed by atoms with Crippen LogP contribution < -0.4 is 10.1 Å². The molecular formula is C18H19BClNO3. The first kappa shape index (κ1) is 18.4. The molecule has 0 bridgehead atoms. The highest BCUT2D eigenvalue weighted by Gasteiger charge is 2.21. The van der Waals surface area contributed by atoms with Crippen LogP contribution in [0.1, 0.15) is 11.1 Å². The maximum atomic E-state index is 11.1. The second kappa shape index (κ2) is 9.35. The minimum Gasteiger partial charge on any atom is -0.489 e. The fraction of sp³-hybridized carbons (Fsp3) is 0.278. The lowest BCUT2D eigenvalue weighted by Crippen LogP contribution is -2.45. The molecule has 24 heavy (non-hydrogen) atoms. The molecule has 2 radical (unpaired) electrons. The highest BCUT2D eigenvalue weighted by molar-refractivity contribution is 6.57. The Morgan fingerprint density at radius 2 is 1.83 bits per heavy atom. The molecule has 2 aromatic carbocycles. The van der Waals surface area contributed by atoms with Gasteiger partial charge in [0.15, 0.2) is 5.81 Å². The normalized spacial score (nSPS) is 13.1. The summed E-state index contributed by atoms with van der Waals surface area (Å²) >= 11 is 5.70. The molecule has 0 saturated carbocycles. The molecule has 1 amide bonds. The Labute approximate surface area is 148 Å². The third kappa shape index (κ3) is 5.58. The van der Waals surface area contributed by atoms with Crippen LogP contribution in [0.15, 0.2) is 54.6 Å². The SMILES string of the molecule is [B]C(=O)N[C@H](Cc1ccccc1OCc1ccccc1)[C@H](O)CCl. The van der Waals surface area contributed by atoms with E-state index in [9.17, 15) is 9.90 Å². The van der Waals surface area contributed by atoms with Crippen LogP contribution in [0.3, 0.4) is 0 Å². The molecule has 0 saturated heterocycles. The minimum atomic E-state index is -0.902. The Bertz CT molecular complexity index is 654. The molecule has 0 heterocycles. The van der Waals surface area contributed by atoms with E-state index in [0.717, 1.165) is 11.1 Å². The fourth-order valence-electron chi connectivity index (χ4n) is 2.36. The smallest absolute Gasteiger partial charge is 0.200 e. The van der Waals surface area contributed by atoms with Gasteiger partial charge in [0.05, 0.1) is 18.0 Å². The van der Waals surface area contributed by atoms with Gasteiger partial charge >= 0.3 is 0 Å².